The zero-order chi connectivity index (χ0) is 22.8. The predicted molar refractivity (Wildman–Crippen MR) is 121 cm³/mol. The average molecular weight is 462 g/mol. The highest BCUT2D eigenvalue weighted by molar-refractivity contribution is 7.92. The molecule has 0 spiro atoms. The Kier molecular flexibility index (Phi) is 6.51. The normalized spacial score (nSPS) is 11.4. The first-order valence-corrected chi connectivity index (χ1v) is 11.7. The molecule has 0 atom stereocenters. The second-order valence-corrected chi connectivity index (χ2v) is 9.72. The SMILES string of the molecule is COc1ccc(-c2sc(N)nc2C)cc1S(=O)(=O)Nc1ccc(OC(=O)C(C)C)cc1. The monoisotopic (exact) mass is 461 g/mol. The summed E-state index contributed by atoms with van der Waals surface area (Å²) in [5, 5.41) is 0.407. The number of sulfonamides is 1. The summed E-state index contributed by atoms with van der Waals surface area (Å²) < 4.78 is 39.2. The molecule has 31 heavy (non-hydrogen) atoms. The van der Waals surface area contributed by atoms with E-state index in [9.17, 15) is 13.2 Å². The molecular weight excluding hydrogens is 438 g/mol. The largest absolute Gasteiger partial charge is 0.495 e. The van der Waals surface area contributed by atoms with Crippen LogP contribution in [0.4, 0.5) is 10.8 Å². The van der Waals surface area contributed by atoms with E-state index in [2.05, 4.69) is 9.71 Å². The lowest BCUT2D eigenvalue weighted by atomic mass is 10.1. The number of nitrogens with zero attached hydrogens (tertiary/aromatic N) is 1. The molecule has 0 unspecified atom stereocenters. The number of esters is 1. The number of ether oxygens (including phenoxy) is 2. The molecule has 164 valence electrons. The number of carbonyl (C=O) groups is 1. The topological polar surface area (TPSA) is 121 Å². The first kappa shape index (κ1) is 22.6. The van der Waals surface area contributed by atoms with Crippen LogP contribution in [0, 0.1) is 12.8 Å². The van der Waals surface area contributed by atoms with Gasteiger partial charge in [-0.15, -0.1) is 0 Å². The zero-order valence-electron chi connectivity index (χ0n) is 17.5. The molecule has 0 saturated carbocycles. The van der Waals surface area contributed by atoms with E-state index in [1.807, 2.05) is 6.92 Å². The van der Waals surface area contributed by atoms with Gasteiger partial charge in [0, 0.05) is 5.69 Å². The minimum absolute atomic E-state index is 0.0193. The molecule has 1 aromatic heterocycles. The summed E-state index contributed by atoms with van der Waals surface area (Å²) in [6, 6.07) is 11.0. The van der Waals surface area contributed by atoms with Crippen LogP contribution in [0.1, 0.15) is 19.5 Å². The average Bonchev–Trinajstić information content (AvgIpc) is 3.06. The molecule has 3 aromatic rings. The lowest BCUT2D eigenvalue weighted by Gasteiger charge is -2.13. The molecule has 1 heterocycles. The molecule has 0 amide bonds. The molecule has 10 heteroatoms. The van der Waals surface area contributed by atoms with E-state index in [1.165, 1.54) is 48.8 Å². The highest BCUT2D eigenvalue weighted by Crippen LogP contribution is 2.36. The fourth-order valence-electron chi connectivity index (χ4n) is 2.75. The summed E-state index contributed by atoms with van der Waals surface area (Å²) in [6.45, 7) is 5.27. The number of hydrogen-bond acceptors (Lipinski definition) is 8. The Labute approximate surface area is 185 Å². The molecular formula is C21H23N3O5S2. The second kappa shape index (κ2) is 8.94. The standard InChI is InChI=1S/C21H23N3O5S2/c1-12(2)20(25)29-16-8-6-15(7-9-16)24-31(26,27)18-11-14(5-10-17(18)28-4)19-13(3)23-21(22)30-19/h5-12,24H,1-4H3,(H2,22,23). The minimum atomic E-state index is -3.97. The second-order valence-electron chi connectivity index (χ2n) is 7.04. The van der Waals surface area contributed by atoms with Crippen LogP contribution in [0.2, 0.25) is 0 Å². The van der Waals surface area contributed by atoms with Crippen LogP contribution in [0.15, 0.2) is 47.4 Å². The number of aryl methyl sites for hydroxylation is 1. The van der Waals surface area contributed by atoms with E-state index in [1.54, 1.807) is 26.0 Å². The van der Waals surface area contributed by atoms with Crippen molar-refractivity contribution in [1.82, 2.24) is 4.98 Å². The summed E-state index contributed by atoms with van der Waals surface area (Å²) in [5.41, 5.74) is 7.48. The van der Waals surface area contributed by atoms with E-state index in [4.69, 9.17) is 15.2 Å². The Bertz CT molecular complexity index is 1200. The van der Waals surface area contributed by atoms with Crippen LogP contribution < -0.4 is 19.9 Å². The van der Waals surface area contributed by atoms with Crippen LogP contribution in [0.25, 0.3) is 10.4 Å². The van der Waals surface area contributed by atoms with Crippen molar-refractivity contribution >= 4 is 38.1 Å². The van der Waals surface area contributed by atoms with Gasteiger partial charge in [-0.3, -0.25) is 9.52 Å². The Balaban J connectivity index is 1.90. The lowest BCUT2D eigenvalue weighted by molar-refractivity contribution is -0.137. The van der Waals surface area contributed by atoms with Gasteiger partial charge in [0.2, 0.25) is 0 Å². The molecule has 8 nitrogen and oxygen atoms in total. The molecule has 3 N–H and O–H groups in total. The van der Waals surface area contributed by atoms with Crippen molar-refractivity contribution in [1.29, 1.82) is 0 Å². The highest BCUT2D eigenvalue weighted by Gasteiger charge is 2.22. The number of thiazole rings is 1. The summed E-state index contributed by atoms with van der Waals surface area (Å²) in [5.74, 6) is -0.0994. The molecule has 0 aliphatic heterocycles. The third-order valence-electron chi connectivity index (χ3n) is 4.32. The number of carbonyl (C=O) groups excluding carboxylic acids is 1. The molecule has 0 saturated heterocycles. The molecule has 0 aliphatic carbocycles. The number of nitrogen functional groups attached to an aromatic ring is 1. The Hall–Kier alpha value is -3.11. The first-order valence-electron chi connectivity index (χ1n) is 9.36. The smallest absolute Gasteiger partial charge is 0.313 e. The van der Waals surface area contributed by atoms with Crippen molar-refractivity contribution in [2.75, 3.05) is 17.6 Å². The van der Waals surface area contributed by atoms with E-state index >= 15 is 0 Å². The molecule has 0 bridgehead atoms. The summed E-state index contributed by atoms with van der Waals surface area (Å²) in [6.07, 6.45) is 0. The maximum Gasteiger partial charge on any atom is 0.313 e. The van der Waals surface area contributed by atoms with E-state index in [-0.39, 0.29) is 22.5 Å². The molecule has 3 rings (SSSR count). The van der Waals surface area contributed by atoms with Gasteiger partial charge in [0.1, 0.15) is 16.4 Å². The van der Waals surface area contributed by atoms with E-state index in [0.717, 1.165) is 10.6 Å². The lowest BCUT2D eigenvalue weighted by Crippen LogP contribution is -2.15. The van der Waals surface area contributed by atoms with Gasteiger partial charge in [-0.25, -0.2) is 13.4 Å². The summed E-state index contributed by atoms with van der Waals surface area (Å²) in [7, 11) is -2.57. The van der Waals surface area contributed by atoms with Gasteiger partial charge in [-0.2, -0.15) is 0 Å². The van der Waals surface area contributed by atoms with Crippen molar-refractivity contribution in [3.63, 3.8) is 0 Å². The van der Waals surface area contributed by atoms with Crippen molar-refractivity contribution in [2.24, 2.45) is 5.92 Å². The molecule has 0 fully saturated rings. The van der Waals surface area contributed by atoms with Gasteiger partial charge >= 0.3 is 5.97 Å². The molecule has 0 aliphatic rings. The molecule has 0 radical (unpaired) electrons. The number of benzene rings is 2. The molecule has 2 aromatic carbocycles. The first-order chi connectivity index (χ1) is 14.6. The maximum absolute atomic E-state index is 13.1. The number of nitrogens with one attached hydrogen (secondary N) is 1. The number of rotatable bonds is 7. The van der Waals surface area contributed by atoms with Crippen molar-refractivity contribution in [2.45, 2.75) is 25.7 Å². The van der Waals surface area contributed by atoms with Gasteiger partial charge in [-0.05, 0) is 55.0 Å². The fraction of sp³-hybridized carbons (Fsp3) is 0.238. The van der Waals surface area contributed by atoms with Crippen molar-refractivity contribution < 1.29 is 22.7 Å². The number of aromatic nitrogens is 1. The minimum Gasteiger partial charge on any atom is -0.495 e. The Morgan fingerprint density at radius 2 is 1.84 bits per heavy atom. The summed E-state index contributed by atoms with van der Waals surface area (Å²) >= 11 is 1.28. The van der Waals surface area contributed by atoms with Crippen LogP contribution in [0.3, 0.4) is 0 Å². The van der Waals surface area contributed by atoms with Gasteiger partial charge in [0.05, 0.1) is 23.6 Å². The predicted octanol–water partition coefficient (Wildman–Crippen LogP) is 4.07. The van der Waals surface area contributed by atoms with Crippen LogP contribution >= 0.6 is 11.3 Å². The van der Waals surface area contributed by atoms with Gasteiger partial charge in [0.15, 0.2) is 5.13 Å². The third kappa shape index (κ3) is 5.15. The quantitative estimate of drug-likeness (QED) is 0.402. The van der Waals surface area contributed by atoms with Crippen molar-refractivity contribution in [3.05, 3.63) is 48.2 Å². The maximum atomic E-state index is 13.1. The third-order valence-corrected chi connectivity index (χ3v) is 6.76. The van der Waals surface area contributed by atoms with Crippen LogP contribution in [-0.4, -0.2) is 26.5 Å². The van der Waals surface area contributed by atoms with Gasteiger partial charge in [0.25, 0.3) is 10.0 Å². The zero-order valence-corrected chi connectivity index (χ0v) is 19.1. The summed E-state index contributed by atoms with van der Waals surface area (Å²) in [4.78, 5) is 16.7. The van der Waals surface area contributed by atoms with E-state index in [0.29, 0.717) is 22.1 Å². The number of anilines is 2. The van der Waals surface area contributed by atoms with E-state index < -0.39 is 10.0 Å². The number of methoxy groups -OCH3 is 1. The van der Waals surface area contributed by atoms with Crippen LogP contribution in [-0.2, 0) is 14.8 Å². The number of hydrogen-bond donors (Lipinski definition) is 2. The Morgan fingerprint density at radius 1 is 1.16 bits per heavy atom. The van der Waals surface area contributed by atoms with Crippen LogP contribution in [0.5, 0.6) is 11.5 Å². The van der Waals surface area contributed by atoms with Gasteiger partial charge in [-0.1, -0.05) is 25.2 Å². The highest BCUT2D eigenvalue weighted by atomic mass is 32.2. The van der Waals surface area contributed by atoms with Crippen molar-refractivity contribution in [3.8, 4) is 21.9 Å². The van der Waals surface area contributed by atoms with Gasteiger partial charge < -0.3 is 15.2 Å². The fourth-order valence-corrected chi connectivity index (χ4v) is 4.83. The number of nitrogens with two attached hydrogens (primary N) is 1. The Morgan fingerprint density at radius 3 is 2.39 bits per heavy atom.